The lowest BCUT2D eigenvalue weighted by atomic mass is 10.0. The highest BCUT2D eigenvalue weighted by Crippen LogP contribution is 2.16. The van der Waals surface area contributed by atoms with Crippen molar-refractivity contribution >= 4 is 17.8 Å². The summed E-state index contributed by atoms with van der Waals surface area (Å²) in [6.45, 7) is 1.69. The topological polar surface area (TPSA) is 93.7 Å². The Morgan fingerprint density at radius 3 is 2.11 bits per heavy atom. The second-order valence-electron chi connectivity index (χ2n) is 8.26. The molecule has 0 heterocycles. The molecular formula is C28H29FN2O5. The van der Waals surface area contributed by atoms with Gasteiger partial charge < -0.3 is 20.1 Å². The maximum atomic E-state index is 14.1. The fourth-order valence-corrected chi connectivity index (χ4v) is 3.64. The smallest absolute Gasteiger partial charge is 0.328 e. The van der Waals surface area contributed by atoms with Crippen LogP contribution in [0.15, 0.2) is 78.9 Å². The quantitative estimate of drug-likeness (QED) is 0.401. The van der Waals surface area contributed by atoms with E-state index in [-0.39, 0.29) is 18.4 Å². The summed E-state index contributed by atoms with van der Waals surface area (Å²) >= 11 is 0. The molecule has 0 aliphatic carbocycles. The van der Waals surface area contributed by atoms with Crippen LogP contribution in [0.4, 0.5) is 4.39 Å². The first kappa shape index (κ1) is 26.4. The van der Waals surface area contributed by atoms with Crippen LogP contribution in [0.1, 0.15) is 23.6 Å². The largest absolute Gasteiger partial charge is 0.489 e. The molecule has 36 heavy (non-hydrogen) atoms. The lowest BCUT2D eigenvalue weighted by Crippen LogP contribution is -2.53. The third-order valence-corrected chi connectivity index (χ3v) is 5.49. The molecule has 8 heteroatoms. The molecule has 0 saturated carbocycles. The number of nitrogens with one attached hydrogen (secondary N) is 2. The fourth-order valence-electron chi connectivity index (χ4n) is 3.64. The molecule has 3 aromatic carbocycles. The van der Waals surface area contributed by atoms with Crippen molar-refractivity contribution in [2.45, 2.75) is 38.5 Å². The Balaban J connectivity index is 1.66. The second kappa shape index (κ2) is 13.0. The van der Waals surface area contributed by atoms with E-state index in [0.717, 1.165) is 11.1 Å². The van der Waals surface area contributed by atoms with Gasteiger partial charge in [-0.05, 0) is 34.9 Å². The lowest BCUT2D eigenvalue weighted by molar-refractivity contribution is -0.145. The van der Waals surface area contributed by atoms with Gasteiger partial charge in [0.15, 0.2) is 0 Å². The van der Waals surface area contributed by atoms with Crippen LogP contribution in [0.2, 0.25) is 0 Å². The number of hydrogen-bond acceptors (Lipinski definition) is 5. The molecule has 2 atom stereocenters. The Bertz CT molecular complexity index is 1170. The maximum absolute atomic E-state index is 14.1. The van der Waals surface area contributed by atoms with E-state index in [1.54, 1.807) is 30.3 Å². The normalized spacial score (nSPS) is 12.2. The van der Waals surface area contributed by atoms with E-state index in [2.05, 4.69) is 10.6 Å². The number of rotatable bonds is 11. The van der Waals surface area contributed by atoms with E-state index in [0.29, 0.717) is 12.4 Å². The molecule has 3 rings (SSSR count). The van der Waals surface area contributed by atoms with Crippen LogP contribution in [0.5, 0.6) is 5.75 Å². The van der Waals surface area contributed by atoms with Crippen molar-refractivity contribution in [1.29, 1.82) is 0 Å². The van der Waals surface area contributed by atoms with Crippen LogP contribution in [0.3, 0.4) is 0 Å². The predicted octanol–water partition coefficient (Wildman–Crippen LogP) is 3.35. The van der Waals surface area contributed by atoms with Crippen LogP contribution in [0.25, 0.3) is 0 Å². The molecule has 3 aromatic rings. The zero-order valence-electron chi connectivity index (χ0n) is 20.2. The van der Waals surface area contributed by atoms with Gasteiger partial charge in [0.25, 0.3) is 0 Å². The predicted molar refractivity (Wildman–Crippen MR) is 133 cm³/mol. The summed E-state index contributed by atoms with van der Waals surface area (Å²) in [4.78, 5) is 37.1. The minimum atomic E-state index is -1.07. The molecule has 0 aliphatic heterocycles. The summed E-state index contributed by atoms with van der Waals surface area (Å²) in [5.74, 6) is -1.53. The molecule has 0 bridgehead atoms. The molecule has 2 amide bonds. The second-order valence-corrected chi connectivity index (χ2v) is 8.26. The van der Waals surface area contributed by atoms with E-state index < -0.39 is 35.7 Å². The Morgan fingerprint density at radius 1 is 0.806 bits per heavy atom. The fraction of sp³-hybridized carbons (Fsp3) is 0.250. The first-order valence-electron chi connectivity index (χ1n) is 11.5. The Labute approximate surface area is 209 Å². The molecular weight excluding hydrogens is 463 g/mol. The third-order valence-electron chi connectivity index (χ3n) is 5.49. The van der Waals surface area contributed by atoms with Gasteiger partial charge in [0.2, 0.25) is 11.8 Å². The number of carbonyl (C=O) groups is 3. The average molecular weight is 493 g/mol. The Kier molecular flexibility index (Phi) is 9.56. The summed E-state index contributed by atoms with van der Waals surface area (Å²) < 4.78 is 24.8. The molecule has 0 aliphatic rings. The van der Waals surface area contributed by atoms with E-state index in [1.165, 1.54) is 32.2 Å². The van der Waals surface area contributed by atoms with Crippen LogP contribution in [-0.2, 0) is 38.6 Å². The van der Waals surface area contributed by atoms with Gasteiger partial charge in [0.05, 0.1) is 7.11 Å². The maximum Gasteiger partial charge on any atom is 0.328 e. The zero-order valence-corrected chi connectivity index (χ0v) is 20.2. The van der Waals surface area contributed by atoms with Crippen LogP contribution in [0, 0.1) is 5.82 Å². The molecule has 0 unspecified atom stereocenters. The first-order valence-corrected chi connectivity index (χ1v) is 11.5. The van der Waals surface area contributed by atoms with Gasteiger partial charge >= 0.3 is 5.97 Å². The monoisotopic (exact) mass is 492 g/mol. The molecule has 0 aromatic heterocycles. The van der Waals surface area contributed by atoms with Crippen molar-refractivity contribution in [3.05, 3.63) is 101 Å². The summed E-state index contributed by atoms with van der Waals surface area (Å²) in [5, 5.41) is 5.17. The van der Waals surface area contributed by atoms with Gasteiger partial charge in [-0.15, -0.1) is 0 Å². The van der Waals surface area contributed by atoms with Gasteiger partial charge in [-0.1, -0.05) is 60.7 Å². The molecule has 0 radical (unpaired) electrons. The average Bonchev–Trinajstić information content (AvgIpc) is 2.88. The van der Waals surface area contributed by atoms with Gasteiger partial charge in [-0.2, -0.15) is 0 Å². The number of halogens is 1. The highest BCUT2D eigenvalue weighted by Gasteiger charge is 2.28. The number of ether oxygens (including phenoxy) is 2. The molecule has 2 N–H and O–H groups in total. The van der Waals surface area contributed by atoms with Crippen LogP contribution < -0.4 is 15.4 Å². The minimum absolute atomic E-state index is 0.0700. The van der Waals surface area contributed by atoms with E-state index in [4.69, 9.17) is 9.47 Å². The number of methoxy groups -OCH3 is 1. The van der Waals surface area contributed by atoms with E-state index in [1.807, 2.05) is 30.3 Å². The molecule has 0 spiro atoms. The molecule has 7 nitrogen and oxygen atoms in total. The number of hydrogen-bond donors (Lipinski definition) is 2. The summed E-state index contributed by atoms with van der Waals surface area (Å²) in [6, 6.07) is 20.9. The molecule has 0 saturated heterocycles. The van der Waals surface area contributed by atoms with Crippen LogP contribution >= 0.6 is 0 Å². The lowest BCUT2D eigenvalue weighted by Gasteiger charge is -2.22. The SMILES string of the molecule is COC(=O)[C@@H](Cc1ccc(OCc2ccccc2)cc1)NC(=O)[C@@H](Cc1ccccc1F)NC(C)=O. The van der Waals surface area contributed by atoms with E-state index in [9.17, 15) is 18.8 Å². The number of carbonyl (C=O) groups excluding carboxylic acids is 3. The van der Waals surface area contributed by atoms with E-state index >= 15 is 0 Å². The van der Waals surface area contributed by atoms with Crippen molar-refractivity contribution in [2.75, 3.05) is 7.11 Å². The van der Waals surface area contributed by atoms with Crippen molar-refractivity contribution in [2.24, 2.45) is 0 Å². The van der Waals surface area contributed by atoms with Gasteiger partial charge in [0, 0.05) is 19.8 Å². The standard InChI is InChI=1S/C28H29FN2O5/c1-19(32)30-25(17-22-10-6-7-11-24(22)29)27(33)31-26(28(34)35-2)16-20-12-14-23(15-13-20)36-18-21-8-4-3-5-9-21/h3-15,25-26H,16-18H2,1-2H3,(H,30,32)(H,31,33)/t25-,26-/m1/s1. The van der Waals surface area contributed by atoms with Gasteiger partial charge in [-0.25, -0.2) is 9.18 Å². The first-order chi connectivity index (χ1) is 17.4. The highest BCUT2D eigenvalue weighted by molar-refractivity contribution is 5.90. The highest BCUT2D eigenvalue weighted by atomic mass is 19.1. The number of benzene rings is 3. The number of amides is 2. The van der Waals surface area contributed by atoms with Crippen molar-refractivity contribution in [1.82, 2.24) is 10.6 Å². The molecule has 0 fully saturated rings. The summed E-state index contributed by atoms with van der Waals surface area (Å²) in [5.41, 5.74) is 2.08. The summed E-state index contributed by atoms with van der Waals surface area (Å²) in [6.07, 6.45) is 0.0866. The van der Waals surface area contributed by atoms with Gasteiger partial charge in [-0.3, -0.25) is 9.59 Å². The minimum Gasteiger partial charge on any atom is -0.489 e. The third kappa shape index (κ3) is 7.94. The Morgan fingerprint density at radius 2 is 1.47 bits per heavy atom. The van der Waals surface area contributed by atoms with Crippen LogP contribution in [-0.4, -0.2) is 37.0 Å². The molecule has 188 valence electrons. The summed E-state index contributed by atoms with van der Waals surface area (Å²) in [7, 11) is 1.23. The number of esters is 1. The van der Waals surface area contributed by atoms with Crippen molar-refractivity contribution in [3.63, 3.8) is 0 Å². The Hall–Kier alpha value is -4.20. The van der Waals surface area contributed by atoms with Crippen molar-refractivity contribution < 1.29 is 28.2 Å². The zero-order chi connectivity index (χ0) is 25.9. The van der Waals surface area contributed by atoms with Gasteiger partial charge in [0.1, 0.15) is 30.3 Å². The van der Waals surface area contributed by atoms with Crippen molar-refractivity contribution in [3.8, 4) is 5.75 Å².